The largest absolute Gasteiger partial charge is 0.376 e. The number of nitrogens with zero attached hydrogens (tertiary/aromatic N) is 4. The first kappa shape index (κ1) is 13.0. The highest BCUT2D eigenvalue weighted by Crippen LogP contribution is 2.26. The van der Waals surface area contributed by atoms with Crippen LogP contribution in [0.1, 0.15) is 12.8 Å². The van der Waals surface area contributed by atoms with E-state index in [4.69, 9.17) is 16.3 Å². The van der Waals surface area contributed by atoms with Crippen LogP contribution in [0.15, 0.2) is 6.20 Å². The van der Waals surface area contributed by atoms with Crippen LogP contribution in [0.3, 0.4) is 0 Å². The van der Waals surface area contributed by atoms with E-state index < -0.39 is 4.92 Å². The second kappa shape index (κ2) is 5.45. The van der Waals surface area contributed by atoms with Gasteiger partial charge in [-0.1, -0.05) is 0 Å². The zero-order valence-electron chi connectivity index (χ0n) is 9.87. The van der Waals surface area contributed by atoms with E-state index in [1.54, 1.807) is 11.9 Å². The second-order valence-corrected chi connectivity index (χ2v) is 4.46. The predicted molar refractivity (Wildman–Crippen MR) is 65.9 cm³/mol. The molecule has 7 nitrogen and oxygen atoms in total. The van der Waals surface area contributed by atoms with Gasteiger partial charge in [0.25, 0.3) is 0 Å². The molecule has 2 rings (SSSR count). The van der Waals surface area contributed by atoms with Crippen molar-refractivity contribution in [3.05, 3.63) is 21.6 Å². The lowest BCUT2D eigenvalue weighted by molar-refractivity contribution is -0.384. The fourth-order valence-electron chi connectivity index (χ4n) is 1.94. The minimum atomic E-state index is -0.516. The summed E-state index contributed by atoms with van der Waals surface area (Å²) in [5, 5.41) is 10.9. The number of hydrogen-bond acceptors (Lipinski definition) is 6. The lowest BCUT2D eigenvalue weighted by Crippen LogP contribution is -2.29. The molecule has 0 N–H and O–H groups in total. The fraction of sp³-hybridized carbons (Fsp3) is 0.600. The monoisotopic (exact) mass is 272 g/mol. The molecule has 0 saturated carbocycles. The smallest absolute Gasteiger partial charge is 0.329 e. The van der Waals surface area contributed by atoms with Gasteiger partial charge in [-0.15, -0.1) is 0 Å². The lowest BCUT2D eigenvalue weighted by Gasteiger charge is -2.21. The summed E-state index contributed by atoms with van der Waals surface area (Å²) < 4.78 is 5.49. The van der Waals surface area contributed by atoms with Gasteiger partial charge in [0.05, 0.1) is 11.0 Å². The van der Waals surface area contributed by atoms with Crippen molar-refractivity contribution in [1.29, 1.82) is 0 Å². The SMILES string of the molecule is CN(CC1CCCO1)c1nc(Cl)ncc1[N+](=O)[O-]. The van der Waals surface area contributed by atoms with Crippen molar-refractivity contribution in [3.63, 3.8) is 0 Å². The van der Waals surface area contributed by atoms with Gasteiger partial charge < -0.3 is 9.64 Å². The lowest BCUT2D eigenvalue weighted by atomic mass is 10.2. The maximum absolute atomic E-state index is 10.9. The molecule has 18 heavy (non-hydrogen) atoms. The number of rotatable bonds is 4. The van der Waals surface area contributed by atoms with Gasteiger partial charge in [0, 0.05) is 20.2 Å². The number of likely N-dealkylation sites (N-methyl/N-ethyl adjacent to an activating group) is 1. The van der Waals surface area contributed by atoms with E-state index in [0.717, 1.165) is 25.6 Å². The van der Waals surface area contributed by atoms with Crippen LogP contribution in [0.5, 0.6) is 0 Å². The average Bonchev–Trinajstić information content (AvgIpc) is 2.81. The molecule has 1 unspecified atom stereocenters. The van der Waals surface area contributed by atoms with Crippen molar-refractivity contribution in [2.45, 2.75) is 18.9 Å². The van der Waals surface area contributed by atoms with Crippen LogP contribution in [0.25, 0.3) is 0 Å². The molecule has 1 aliphatic heterocycles. The summed E-state index contributed by atoms with van der Waals surface area (Å²) in [5.41, 5.74) is -0.153. The molecule has 98 valence electrons. The van der Waals surface area contributed by atoms with E-state index >= 15 is 0 Å². The van der Waals surface area contributed by atoms with Gasteiger partial charge in [-0.25, -0.2) is 4.98 Å². The molecule has 0 spiro atoms. The van der Waals surface area contributed by atoms with Gasteiger partial charge in [-0.05, 0) is 24.4 Å². The Labute approximate surface area is 109 Å². The van der Waals surface area contributed by atoms with Gasteiger partial charge >= 0.3 is 5.69 Å². The van der Waals surface area contributed by atoms with Gasteiger partial charge in [-0.2, -0.15) is 4.98 Å². The average molecular weight is 273 g/mol. The summed E-state index contributed by atoms with van der Waals surface area (Å²) in [4.78, 5) is 19.6. The van der Waals surface area contributed by atoms with Gasteiger partial charge in [-0.3, -0.25) is 10.1 Å². The molecule has 1 fully saturated rings. The summed E-state index contributed by atoms with van der Waals surface area (Å²) >= 11 is 5.68. The molecular formula is C10H13ClN4O3. The molecule has 0 aromatic carbocycles. The zero-order chi connectivity index (χ0) is 13.1. The third kappa shape index (κ3) is 2.85. The molecule has 1 saturated heterocycles. The maximum atomic E-state index is 10.9. The molecular weight excluding hydrogens is 260 g/mol. The molecule has 0 radical (unpaired) electrons. The summed E-state index contributed by atoms with van der Waals surface area (Å²) in [5.74, 6) is 0.218. The Morgan fingerprint density at radius 1 is 1.72 bits per heavy atom. The van der Waals surface area contributed by atoms with Crippen LogP contribution in [-0.4, -0.2) is 41.2 Å². The highest BCUT2D eigenvalue weighted by atomic mass is 35.5. The molecule has 0 bridgehead atoms. The summed E-state index contributed by atoms with van der Waals surface area (Å²) in [6, 6.07) is 0. The maximum Gasteiger partial charge on any atom is 0.329 e. The standard InChI is InChI=1S/C10H13ClN4O3/c1-14(6-7-3-2-4-18-7)9-8(15(16)17)5-12-10(11)13-9/h5,7H,2-4,6H2,1H3. The van der Waals surface area contributed by atoms with Gasteiger partial charge in [0.15, 0.2) is 0 Å². The highest BCUT2D eigenvalue weighted by molar-refractivity contribution is 6.28. The Balaban J connectivity index is 2.19. The Bertz CT molecular complexity index is 451. The first-order valence-electron chi connectivity index (χ1n) is 5.57. The van der Waals surface area contributed by atoms with Crippen molar-refractivity contribution < 1.29 is 9.66 Å². The number of anilines is 1. The quantitative estimate of drug-likeness (QED) is 0.471. The minimum absolute atomic E-state index is 0.00482. The third-order valence-electron chi connectivity index (χ3n) is 2.78. The number of ether oxygens (including phenoxy) is 1. The minimum Gasteiger partial charge on any atom is -0.376 e. The molecule has 8 heteroatoms. The molecule has 1 aromatic rings. The Hall–Kier alpha value is -1.47. The van der Waals surface area contributed by atoms with Crippen LogP contribution >= 0.6 is 11.6 Å². The normalized spacial score (nSPS) is 18.9. The Morgan fingerprint density at radius 2 is 2.50 bits per heavy atom. The molecule has 0 amide bonds. The van der Waals surface area contributed by atoms with Crippen LogP contribution in [0.2, 0.25) is 5.28 Å². The van der Waals surface area contributed by atoms with E-state index in [2.05, 4.69) is 9.97 Å². The van der Waals surface area contributed by atoms with Gasteiger partial charge in [0.2, 0.25) is 11.1 Å². The summed E-state index contributed by atoms with van der Waals surface area (Å²) in [6.45, 7) is 1.29. The molecule has 1 atom stereocenters. The number of halogens is 1. The van der Waals surface area contributed by atoms with Crippen LogP contribution in [0, 0.1) is 10.1 Å². The number of nitro groups is 1. The Kier molecular flexibility index (Phi) is 3.93. The predicted octanol–water partition coefficient (Wildman–Crippen LogP) is 1.65. The zero-order valence-corrected chi connectivity index (χ0v) is 10.6. The number of aromatic nitrogens is 2. The second-order valence-electron chi connectivity index (χ2n) is 4.12. The number of hydrogen-bond donors (Lipinski definition) is 0. The van der Waals surface area contributed by atoms with Crippen LogP contribution < -0.4 is 4.90 Å². The van der Waals surface area contributed by atoms with Crippen molar-refractivity contribution in [2.75, 3.05) is 25.1 Å². The first-order chi connectivity index (χ1) is 8.58. The topological polar surface area (TPSA) is 81.4 Å². The first-order valence-corrected chi connectivity index (χ1v) is 5.95. The molecule has 1 aromatic heterocycles. The molecule has 0 aliphatic carbocycles. The summed E-state index contributed by atoms with van der Waals surface area (Å²) in [6.07, 6.45) is 3.18. The van der Waals surface area contributed by atoms with Crippen molar-refractivity contribution >= 4 is 23.1 Å². The highest BCUT2D eigenvalue weighted by Gasteiger charge is 2.24. The van der Waals surface area contributed by atoms with E-state index in [1.807, 2.05) is 0 Å². The third-order valence-corrected chi connectivity index (χ3v) is 2.96. The van der Waals surface area contributed by atoms with Crippen molar-refractivity contribution in [2.24, 2.45) is 0 Å². The van der Waals surface area contributed by atoms with E-state index in [-0.39, 0.29) is 22.9 Å². The molecule has 2 heterocycles. The molecule has 1 aliphatic rings. The van der Waals surface area contributed by atoms with Crippen molar-refractivity contribution in [1.82, 2.24) is 9.97 Å². The summed E-state index contributed by atoms with van der Waals surface area (Å²) in [7, 11) is 1.73. The van der Waals surface area contributed by atoms with E-state index in [0.29, 0.717) is 6.54 Å². The fourth-order valence-corrected chi connectivity index (χ4v) is 2.06. The van der Waals surface area contributed by atoms with Gasteiger partial charge in [0.1, 0.15) is 6.20 Å². The Morgan fingerprint density at radius 3 is 3.11 bits per heavy atom. The van der Waals surface area contributed by atoms with Crippen LogP contribution in [0.4, 0.5) is 11.5 Å². The van der Waals surface area contributed by atoms with E-state index in [9.17, 15) is 10.1 Å². The van der Waals surface area contributed by atoms with E-state index in [1.165, 1.54) is 0 Å². The van der Waals surface area contributed by atoms with Crippen molar-refractivity contribution in [3.8, 4) is 0 Å². The van der Waals surface area contributed by atoms with Crippen LogP contribution in [-0.2, 0) is 4.74 Å².